The Bertz CT molecular complexity index is 353. The fraction of sp³-hybridized carbons (Fsp3) is 1.00. The lowest BCUT2D eigenvalue weighted by molar-refractivity contribution is -0.178. The lowest BCUT2D eigenvalue weighted by Gasteiger charge is -2.41. The van der Waals surface area contributed by atoms with E-state index < -0.39 is 16.6 Å². The highest BCUT2D eigenvalue weighted by molar-refractivity contribution is 7.86. The van der Waals surface area contributed by atoms with Crippen molar-refractivity contribution in [2.24, 2.45) is 0 Å². The largest absolute Gasteiger partial charge is 0.381 e. The molecule has 2 aliphatic heterocycles. The Hall–Kier alpha value is -0.0100. The summed E-state index contributed by atoms with van der Waals surface area (Å²) in [5, 5.41) is 3.73. The van der Waals surface area contributed by atoms with E-state index in [1.165, 1.54) is 0 Å². The van der Waals surface area contributed by atoms with Crippen molar-refractivity contribution in [2.45, 2.75) is 54.4 Å². The molecule has 0 aromatic carbocycles. The summed E-state index contributed by atoms with van der Waals surface area (Å²) in [5.74, 6) is -0.459. The van der Waals surface area contributed by atoms with Crippen molar-refractivity contribution < 1.29 is 18.4 Å². The first-order valence-corrected chi connectivity index (χ1v) is 8.94. The molecule has 3 fully saturated rings. The van der Waals surface area contributed by atoms with Crippen LogP contribution in [0.2, 0.25) is 0 Å². The second kappa shape index (κ2) is 6.40. The minimum absolute atomic E-state index is 0.120. The van der Waals surface area contributed by atoms with Gasteiger partial charge >= 0.3 is 0 Å². The number of ether oxygens (including phenoxy) is 3. The number of nitrogens with one attached hydrogen (secondary N) is 1. The molecular formula is C14H25NO4S. The molecule has 0 bridgehead atoms. The van der Waals surface area contributed by atoms with Crippen LogP contribution >= 0.6 is 0 Å². The molecule has 3 aliphatic rings. The third-order valence-corrected chi connectivity index (χ3v) is 7.00. The molecule has 3 unspecified atom stereocenters. The van der Waals surface area contributed by atoms with Gasteiger partial charge in [-0.2, -0.15) is 0 Å². The molecule has 3 rings (SSSR count). The molecule has 20 heavy (non-hydrogen) atoms. The smallest absolute Gasteiger partial charge is 0.169 e. The predicted molar refractivity (Wildman–Crippen MR) is 77.1 cm³/mol. The van der Waals surface area contributed by atoms with Gasteiger partial charge in [0.1, 0.15) is 0 Å². The van der Waals surface area contributed by atoms with Crippen molar-refractivity contribution in [2.75, 3.05) is 33.5 Å². The minimum atomic E-state index is -0.847. The molecule has 2 saturated heterocycles. The maximum absolute atomic E-state index is 13.0. The summed E-state index contributed by atoms with van der Waals surface area (Å²) < 4.78 is 30.0. The van der Waals surface area contributed by atoms with Crippen LogP contribution in [0, 0.1) is 0 Å². The summed E-state index contributed by atoms with van der Waals surface area (Å²) >= 11 is 0. The molecule has 1 aliphatic carbocycles. The SMILES string of the molecule is CNC1CCC2(CC1S(=O)C1CCOCC1)OCCO2. The molecule has 5 nitrogen and oxygen atoms in total. The normalized spacial score (nSPS) is 36.2. The maximum atomic E-state index is 13.0. The van der Waals surface area contributed by atoms with Crippen LogP contribution in [0.1, 0.15) is 32.1 Å². The summed E-state index contributed by atoms with van der Waals surface area (Å²) in [6.45, 7) is 2.82. The first-order valence-electron chi connectivity index (χ1n) is 7.66. The molecule has 0 aromatic rings. The zero-order valence-electron chi connectivity index (χ0n) is 12.1. The van der Waals surface area contributed by atoms with Crippen molar-refractivity contribution in [1.29, 1.82) is 0 Å². The van der Waals surface area contributed by atoms with Crippen LogP contribution in [-0.4, -0.2) is 60.0 Å². The van der Waals surface area contributed by atoms with Crippen LogP contribution in [0.4, 0.5) is 0 Å². The van der Waals surface area contributed by atoms with E-state index in [1.54, 1.807) is 0 Å². The fourth-order valence-corrected chi connectivity index (χ4v) is 5.77. The van der Waals surface area contributed by atoms with Crippen LogP contribution in [-0.2, 0) is 25.0 Å². The van der Waals surface area contributed by atoms with Crippen LogP contribution in [0.3, 0.4) is 0 Å². The molecule has 1 N–H and O–H groups in total. The molecule has 0 radical (unpaired) electrons. The zero-order chi connectivity index (χ0) is 14.0. The fourth-order valence-electron chi connectivity index (χ4n) is 3.60. The lowest BCUT2D eigenvalue weighted by Crippen LogP contribution is -2.53. The summed E-state index contributed by atoms with van der Waals surface area (Å²) in [6.07, 6.45) is 4.45. The van der Waals surface area contributed by atoms with Crippen molar-refractivity contribution in [1.82, 2.24) is 5.32 Å². The topological polar surface area (TPSA) is 56.8 Å². The minimum Gasteiger partial charge on any atom is -0.381 e. The number of rotatable bonds is 3. The molecule has 6 heteroatoms. The third-order valence-electron chi connectivity index (χ3n) is 4.78. The monoisotopic (exact) mass is 303 g/mol. The van der Waals surface area contributed by atoms with E-state index >= 15 is 0 Å². The van der Waals surface area contributed by atoms with E-state index in [4.69, 9.17) is 14.2 Å². The number of hydrogen-bond acceptors (Lipinski definition) is 5. The van der Waals surface area contributed by atoms with Crippen molar-refractivity contribution in [3.8, 4) is 0 Å². The highest BCUT2D eigenvalue weighted by Gasteiger charge is 2.47. The Kier molecular flexibility index (Phi) is 4.77. The highest BCUT2D eigenvalue weighted by atomic mass is 32.2. The van der Waals surface area contributed by atoms with Gasteiger partial charge in [-0.15, -0.1) is 0 Å². The third kappa shape index (κ3) is 2.95. The Balaban J connectivity index is 1.71. The van der Waals surface area contributed by atoms with E-state index in [0.717, 1.165) is 45.3 Å². The average molecular weight is 303 g/mol. The van der Waals surface area contributed by atoms with Gasteiger partial charge in [-0.1, -0.05) is 0 Å². The second-order valence-electron chi connectivity index (χ2n) is 5.92. The summed E-state index contributed by atoms with van der Waals surface area (Å²) in [6, 6.07) is 0.303. The molecule has 1 spiro atoms. The van der Waals surface area contributed by atoms with Gasteiger partial charge in [0.2, 0.25) is 0 Å². The lowest BCUT2D eigenvalue weighted by atomic mass is 9.89. The Morgan fingerprint density at radius 1 is 1.10 bits per heavy atom. The van der Waals surface area contributed by atoms with Gasteiger partial charge in [-0.25, -0.2) is 0 Å². The number of hydrogen-bond donors (Lipinski definition) is 1. The Morgan fingerprint density at radius 3 is 2.45 bits per heavy atom. The molecule has 3 atom stereocenters. The molecule has 0 amide bonds. The second-order valence-corrected chi connectivity index (χ2v) is 7.85. The zero-order valence-corrected chi connectivity index (χ0v) is 13.0. The molecular weight excluding hydrogens is 278 g/mol. The van der Waals surface area contributed by atoms with Gasteiger partial charge in [-0.3, -0.25) is 4.21 Å². The summed E-state index contributed by atoms with van der Waals surface area (Å²) in [5.41, 5.74) is 0. The average Bonchev–Trinajstić information content (AvgIpc) is 2.95. The van der Waals surface area contributed by atoms with Crippen molar-refractivity contribution in [3.63, 3.8) is 0 Å². The Labute approximate surface area is 123 Å². The summed E-state index contributed by atoms with van der Waals surface area (Å²) in [4.78, 5) is 0. The standard InChI is InChI=1S/C14H25NO4S/c1-15-12-2-5-14(18-8-9-19-14)10-13(12)20(16)11-3-6-17-7-4-11/h11-13,15H,2-10H2,1H3. The van der Waals surface area contributed by atoms with Gasteiger partial charge < -0.3 is 19.5 Å². The van der Waals surface area contributed by atoms with E-state index in [-0.39, 0.29) is 10.5 Å². The first kappa shape index (κ1) is 14.9. The van der Waals surface area contributed by atoms with Crippen molar-refractivity contribution in [3.05, 3.63) is 0 Å². The van der Waals surface area contributed by atoms with Gasteiger partial charge in [-0.05, 0) is 26.3 Å². The predicted octanol–water partition coefficient (Wildman–Crippen LogP) is 0.798. The van der Waals surface area contributed by atoms with E-state index in [9.17, 15) is 4.21 Å². The van der Waals surface area contributed by atoms with Gasteiger partial charge in [0.05, 0.1) is 18.5 Å². The van der Waals surface area contributed by atoms with Crippen LogP contribution in [0.5, 0.6) is 0 Å². The quantitative estimate of drug-likeness (QED) is 0.836. The Morgan fingerprint density at radius 2 is 1.80 bits per heavy atom. The molecule has 1 saturated carbocycles. The molecule has 116 valence electrons. The summed E-state index contributed by atoms with van der Waals surface area (Å²) in [7, 11) is 1.12. The van der Waals surface area contributed by atoms with Crippen molar-refractivity contribution >= 4 is 10.8 Å². The van der Waals surface area contributed by atoms with E-state index in [1.807, 2.05) is 7.05 Å². The van der Waals surface area contributed by atoms with Crippen LogP contribution in [0.15, 0.2) is 0 Å². The van der Waals surface area contributed by atoms with E-state index in [2.05, 4.69) is 5.32 Å². The van der Waals surface area contributed by atoms with Gasteiger partial charge in [0.25, 0.3) is 0 Å². The van der Waals surface area contributed by atoms with Crippen LogP contribution < -0.4 is 5.32 Å². The van der Waals surface area contributed by atoms with Gasteiger partial charge in [0, 0.05) is 48.1 Å². The maximum Gasteiger partial charge on any atom is 0.169 e. The molecule has 0 aromatic heterocycles. The van der Waals surface area contributed by atoms with Gasteiger partial charge in [0.15, 0.2) is 5.79 Å². The first-order chi connectivity index (χ1) is 9.74. The molecule has 2 heterocycles. The van der Waals surface area contributed by atoms with E-state index in [0.29, 0.717) is 19.3 Å². The van der Waals surface area contributed by atoms with Crippen LogP contribution in [0.25, 0.3) is 0 Å². The highest BCUT2D eigenvalue weighted by Crippen LogP contribution is 2.39.